The molecule has 0 atom stereocenters. The number of para-hydroxylation sites is 1. The number of pyridine rings is 2. The lowest BCUT2D eigenvalue weighted by atomic mass is 10.2. The number of hydrogen-bond donors (Lipinski definition) is 0. The van der Waals surface area contributed by atoms with E-state index in [-0.39, 0.29) is 5.78 Å². The van der Waals surface area contributed by atoms with E-state index in [1.54, 1.807) is 24.5 Å². The number of benzene rings is 1. The van der Waals surface area contributed by atoms with Gasteiger partial charge in [0, 0.05) is 29.4 Å². The van der Waals surface area contributed by atoms with E-state index in [4.69, 9.17) is 4.74 Å². The normalized spacial score (nSPS) is 10.4. The smallest absolute Gasteiger partial charge is 0.220 e. The van der Waals surface area contributed by atoms with Crippen LogP contribution in [0.3, 0.4) is 0 Å². The molecule has 0 radical (unpaired) electrons. The fourth-order valence-electron chi connectivity index (χ4n) is 1.96. The fourth-order valence-corrected chi connectivity index (χ4v) is 1.96. The minimum absolute atomic E-state index is 0.0201. The van der Waals surface area contributed by atoms with E-state index < -0.39 is 0 Å². The van der Waals surface area contributed by atoms with Crippen LogP contribution >= 0.6 is 0 Å². The van der Waals surface area contributed by atoms with Gasteiger partial charge in [-0.25, -0.2) is 4.98 Å². The molecule has 20 heavy (non-hydrogen) atoms. The van der Waals surface area contributed by atoms with E-state index >= 15 is 0 Å². The molecule has 3 rings (SSSR count). The minimum atomic E-state index is -0.0201. The van der Waals surface area contributed by atoms with Crippen molar-refractivity contribution in [1.82, 2.24) is 9.97 Å². The molecule has 0 fully saturated rings. The van der Waals surface area contributed by atoms with Gasteiger partial charge in [0.2, 0.25) is 5.88 Å². The molecule has 0 bridgehead atoms. The largest absolute Gasteiger partial charge is 0.437 e. The van der Waals surface area contributed by atoms with E-state index in [1.165, 1.54) is 6.92 Å². The van der Waals surface area contributed by atoms with Crippen LogP contribution in [0.1, 0.15) is 17.3 Å². The fraction of sp³-hybridized carbons (Fsp3) is 0.0625. The first-order valence-electron chi connectivity index (χ1n) is 6.22. The second-order valence-electron chi connectivity index (χ2n) is 4.37. The second-order valence-corrected chi connectivity index (χ2v) is 4.37. The number of rotatable bonds is 3. The lowest BCUT2D eigenvalue weighted by Gasteiger charge is -2.07. The van der Waals surface area contributed by atoms with Gasteiger partial charge < -0.3 is 4.74 Å². The van der Waals surface area contributed by atoms with Gasteiger partial charge in [-0.05, 0) is 25.1 Å². The van der Waals surface area contributed by atoms with Gasteiger partial charge in [0.25, 0.3) is 0 Å². The molecule has 0 saturated carbocycles. The summed E-state index contributed by atoms with van der Waals surface area (Å²) in [5.41, 5.74) is 1.34. The van der Waals surface area contributed by atoms with Crippen molar-refractivity contribution in [2.75, 3.05) is 0 Å². The van der Waals surface area contributed by atoms with Crippen molar-refractivity contribution in [3.05, 3.63) is 60.4 Å². The third kappa shape index (κ3) is 2.36. The third-order valence-corrected chi connectivity index (χ3v) is 2.95. The number of aromatic nitrogens is 2. The molecule has 0 aliphatic heterocycles. The van der Waals surface area contributed by atoms with Crippen molar-refractivity contribution in [2.45, 2.75) is 6.92 Å². The molecular weight excluding hydrogens is 252 g/mol. The number of ketones is 1. The van der Waals surface area contributed by atoms with Crippen molar-refractivity contribution < 1.29 is 9.53 Å². The van der Waals surface area contributed by atoms with Crippen molar-refractivity contribution in [3.63, 3.8) is 0 Å². The molecule has 2 aromatic heterocycles. The maximum Gasteiger partial charge on any atom is 0.220 e. The molecule has 0 N–H and O–H groups in total. The summed E-state index contributed by atoms with van der Waals surface area (Å²) in [6.07, 6.45) is 3.28. The molecular formula is C16H12N2O2. The Morgan fingerprint density at radius 2 is 1.90 bits per heavy atom. The SMILES string of the molecule is CC(=O)c1ccnc(Oc2cccc3cccnc23)c1. The van der Waals surface area contributed by atoms with Crippen LogP contribution in [-0.4, -0.2) is 15.8 Å². The van der Waals surface area contributed by atoms with E-state index in [9.17, 15) is 4.79 Å². The highest BCUT2D eigenvalue weighted by Crippen LogP contribution is 2.27. The van der Waals surface area contributed by atoms with Crippen LogP contribution in [0.25, 0.3) is 10.9 Å². The Labute approximate surface area is 116 Å². The molecule has 0 spiro atoms. The number of Topliss-reactive ketones (excluding diaryl/α,β-unsaturated/α-hetero) is 1. The number of fused-ring (bicyclic) bond motifs is 1. The summed E-state index contributed by atoms with van der Waals surface area (Å²) in [7, 11) is 0. The van der Waals surface area contributed by atoms with Crippen molar-refractivity contribution in [3.8, 4) is 11.6 Å². The summed E-state index contributed by atoms with van der Waals surface area (Å²) < 4.78 is 5.76. The molecule has 0 unspecified atom stereocenters. The molecule has 4 nitrogen and oxygen atoms in total. The number of hydrogen-bond acceptors (Lipinski definition) is 4. The topological polar surface area (TPSA) is 52.1 Å². The van der Waals surface area contributed by atoms with Gasteiger partial charge in [0.1, 0.15) is 5.52 Å². The van der Waals surface area contributed by atoms with Gasteiger partial charge in [-0.15, -0.1) is 0 Å². The average Bonchev–Trinajstić information content (AvgIpc) is 2.48. The van der Waals surface area contributed by atoms with Gasteiger partial charge in [-0.3, -0.25) is 9.78 Å². The summed E-state index contributed by atoms with van der Waals surface area (Å²) in [5.74, 6) is 0.987. The predicted molar refractivity (Wildman–Crippen MR) is 76.1 cm³/mol. The Bertz CT molecular complexity index is 779. The Morgan fingerprint density at radius 1 is 1.05 bits per heavy atom. The highest BCUT2D eigenvalue weighted by Gasteiger charge is 2.07. The summed E-state index contributed by atoms with van der Waals surface area (Å²) in [4.78, 5) is 19.8. The van der Waals surface area contributed by atoms with E-state index in [2.05, 4.69) is 9.97 Å². The summed E-state index contributed by atoms with van der Waals surface area (Å²) >= 11 is 0. The zero-order valence-corrected chi connectivity index (χ0v) is 10.9. The molecule has 0 amide bonds. The highest BCUT2D eigenvalue weighted by molar-refractivity contribution is 5.94. The monoisotopic (exact) mass is 264 g/mol. The van der Waals surface area contributed by atoms with Crippen LogP contribution in [-0.2, 0) is 0 Å². The molecule has 1 aromatic carbocycles. The summed E-state index contributed by atoms with van der Waals surface area (Å²) in [6.45, 7) is 1.51. The lowest BCUT2D eigenvalue weighted by Crippen LogP contribution is -1.95. The average molecular weight is 264 g/mol. The number of ether oxygens (including phenoxy) is 1. The highest BCUT2D eigenvalue weighted by atomic mass is 16.5. The maximum absolute atomic E-state index is 11.4. The molecule has 98 valence electrons. The van der Waals surface area contributed by atoms with Crippen LogP contribution in [0.4, 0.5) is 0 Å². The van der Waals surface area contributed by atoms with Gasteiger partial charge in [0.05, 0.1) is 0 Å². The van der Waals surface area contributed by atoms with Gasteiger partial charge in [-0.2, -0.15) is 0 Å². The first kappa shape index (κ1) is 12.3. The van der Waals surface area contributed by atoms with Crippen molar-refractivity contribution in [2.24, 2.45) is 0 Å². The first-order valence-corrected chi connectivity index (χ1v) is 6.22. The van der Waals surface area contributed by atoms with E-state index in [0.717, 1.165) is 10.9 Å². The number of nitrogens with zero attached hydrogens (tertiary/aromatic N) is 2. The van der Waals surface area contributed by atoms with E-state index in [0.29, 0.717) is 17.2 Å². The summed E-state index contributed by atoms with van der Waals surface area (Å²) in [6, 6.07) is 12.8. The van der Waals surface area contributed by atoms with Gasteiger partial charge >= 0.3 is 0 Å². The summed E-state index contributed by atoms with van der Waals surface area (Å²) in [5, 5.41) is 0.993. The second kappa shape index (κ2) is 5.09. The Balaban J connectivity index is 2.01. The first-order chi connectivity index (χ1) is 9.74. The van der Waals surface area contributed by atoms with Crippen LogP contribution in [0.5, 0.6) is 11.6 Å². The Morgan fingerprint density at radius 3 is 2.75 bits per heavy atom. The molecule has 2 heterocycles. The van der Waals surface area contributed by atoms with Gasteiger partial charge in [0.15, 0.2) is 11.5 Å². The van der Waals surface area contributed by atoms with Crippen LogP contribution < -0.4 is 4.74 Å². The van der Waals surface area contributed by atoms with Crippen LogP contribution in [0.15, 0.2) is 54.9 Å². The molecule has 0 aliphatic carbocycles. The molecule has 3 aromatic rings. The third-order valence-electron chi connectivity index (χ3n) is 2.95. The minimum Gasteiger partial charge on any atom is -0.437 e. The zero-order valence-electron chi connectivity index (χ0n) is 10.9. The number of carbonyl (C=O) groups excluding carboxylic acids is 1. The standard InChI is InChI=1S/C16H12N2O2/c1-11(19)13-7-9-17-15(10-13)20-14-6-2-4-12-5-3-8-18-16(12)14/h2-10H,1H3. The molecule has 0 saturated heterocycles. The Hall–Kier alpha value is -2.75. The Kier molecular flexibility index (Phi) is 3.13. The number of carbonyl (C=O) groups is 1. The maximum atomic E-state index is 11.4. The predicted octanol–water partition coefficient (Wildman–Crippen LogP) is 3.62. The lowest BCUT2D eigenvalue weighted by molar-refractivity contribution is 0.101. The van der Waals surface area contributed by atoms with Crippen molar-refractivity contribution >= 4 is 16.7 Å². The molecule has 0 aliphatic rings. The van der Waals surface area contributed by atoms with Crippen LogP contribution in [0.2, 0.25) is 0 Å². The quantitative estimate of drug-likeness (QED) is 0.678. The van der Waals surface area contributed by atoms with E-state index in [1.807, 2.05) is 30.3 Å². The van der Waals surface area contributed by atoms with Crippen molar-refractivity contribution in [1.29, 1.82) is 0 Å². The molecule has 4 heteroatoms. The van der Waals surface area contributed by atoms with Crippen LogP contribution in [0, 0.1) is 0 Å². The van der Waals surface area contributed by atoms with Gasteiger partial charge in [-0.1, -0.05) is 18.2 Å². The zero-order chi connectivity index (χ0) is 13.9.